The number of amides is 1. The van der Waals surface area contributed by atoms with E-state index in [9.17, 15) is 13.2 Å². The highest BCUT2D eigenvalue weighted by Crippen LogP contribution is 2.27. The largest absolute Gasteiger partial charge is 0.323 e. The van der Waals surface area contributed by atoms with Crippen molar-refractivity contribution in [1.82, 2.24) is 19.5 Å². The van der Waals surface area contributed by atoms with Crippen LogP contribution in [0.4, 0.5) is 17.3 Å². The predicted molar refractivity (Wildman–Crippen MR) is 136 cm³/mol. The van der Waals surface area contributed by atoms with E-state index in [1.807, 2.05) is 47.5 Å². The molecule has 9 nitrogen and oxygen atoms in total. The summed E-state index contributed by atoms with van der Waals surface area (Å²) in [6.45, 7) is 4.94. The third-order valence-corrected chi connectivity index (χ3v) is 7.27. The Hall–Kier alpha value is -3.76. The fourth-order valence-corrected chi connectivity index (χ4v) is 4.82. The van der Waals surface area contributed by atoms with Gasteiger partial charge in [-0.15, -0.1) is 5.10 Å². The van der Waals surface area contributed by atoms with Gasteiger partial charge in [-0.3, -0.25) is 9.69 Å². The highest BCUT2D eigenvalue weighted by Gasteiger charge is 2.24. The van der Waals surface area contributed by atoms with Gasteiger partial charge in [0, 0.05) is 42.5 Å². The van der Waals surface area contributed by atoms with Crippen molar-refractivity contribution in [1.29, 1.82) is 0 Å². The van der Waals surface area contributed by atoms with Crippen molar-refractivity contribution in [2.24, 2.45) is 0 Å². The topological polar surface area (TPSA) is 99.9 Å². The number of rotatable bonds is 6. The van der Waals surface area contributed by atoms with Crippen molar-refractivity contribution in [2.45, 2.75) is 11.8 Å². The van der Waals surface area contributed by atoms with E-state index in [1.165, 1.54) is 6.26 Å². The van der Waals surface area contributed by atoms with Crippen molar-refractivity contribution >= 4 is 38.7 Å². The molecule has 1 amide bonds. The lowest BCUT2D eigenvalue weighted by atomic mass is 10.1. The highest BCUT2D eigenvalue weighted by molar-refractivity contribution is 7.90. The number of pyridine rings is 1. The summed E-state index contributed by atoms with van der Waals surface area (Å²) in [5.74, 6) is 0.545. The maximum Gasteiger partial charge on any atom is 0.247 e. The molecule has 1 N–H and O–H groups in total. The van der Waals surface area contributed by atoms with Crippen molar-refractivity contribution in [3.63, 3.8) is 0 Å². The molecule has 0 aliphatic carbocycles. The second-order valence-electron chi connectivity index (χ2n) is 8.51. The number of fused-ring (bicyclic) bond motifs is 1. The number of hydrogen-bond donors (Lipinski definition) is 1. The summed E-state index contributed by atoms with van der Waals surface area (Å²) >= 11 is 0. The molecule has 5 rings (SSSR count). The molecular formula is C25H26N6O3S. The van der Waals surface area contributed by atoms with Gasteiger partial charge in [0.15, 0.2) is 15.5 Å². The lowest BCUT2D eigenvalue weighted by Crippen LogP contribution is -2.50. The van der Waals surface area contributed by atoms with Gasteiger partial charge in [-0.1, -0.05) is 19.1 Å². The van der Waals surface area contributed by atoms with Crippen LogP contribution >= 0.6 is 0 Å². The SMILES string of the molecule is CCN1CCN(c2ccc(Nc3nc4c(-c5ccc(S(C)(=O)=O)cc5)cccn4n3)cc2)C(=O)C1. The Morgan fingerprint density at radius 2 is 1.74 bits per heavy atom. The van der Waals surface area contributed by atoms with Gasteiger partial charge in [-0.25, -0.2) is 12.9 Å². The Morgan fingerprint density at radius 1 is 1.00 bits per heavy atom. The molecule has 180 valence electrons. The van der Waals surface area contributed by atoms with Crippen molar-refractivity contribution in [3.05, 3.63) is 66.9 Å². The molecule has 0 radical (unpaired) electrons. The number of sulfone groups is 1. The molecule has 1 aliphatic heterocycles. The van der Waals surface area contributed by atoms with E-state index >= 15 is 0 Å². The van der Waals surface area contributed by atoms with E-state index in [4.69, 9.17) is 0 Å². The summed E-state index contributed by atoms with van der Waals surface area (Å²) in [7, 11) is -3.26. The number of carbonyl (C=O) groups excluding carboxylic acids is 1. The zero-order valence-corrected chi connectivity index (χ0v) is 20.4. The lowest BCUT2D eigenvalue weighted by molar-refractivity contribution is -0.121. The zero-order valence-electron chi connectivity index (χ0n) is 19.5. The van der Waals surface area contributed by atoms with Gasteiger partial charge in [-0.05, 0) is 60.6 Å². The van der Waals surface area contributed by atoms with Gasteiger partial charge in [0.05, 0.1) is 11.4 Å². The molecule has 1 aliphatic rings. The Labute approximate surface area is 203 Å². The number of likely N-dealkylation sites (N-methyl/N-ethyl adjacent to an activating group) is 1. The molecule has 4 aromatic rings. The minimum atomic E-state index is -3.26. The lowest BCUT2D eigenvalue weighted by Gasteiger charge is -2.33. The summed E-state index contributed by atoms with van der Waals surface area (Å²) in [5.41, 5.74) is 4.02. The predicted octanol–water partition coefficient (Wildman–Crippen LogP) is 3.21. The number of nitrogens with zero attached hydrogens (tertiary/aromatic N) is 5. The first kappa shape index (κ1) is 23.0. The number of benzene rings is 2. The molecule has 0 unspecified atom stereocenters. The van der Waals surface area contributed by atoms with E-state index in [1.54, 1.807) is 28.8 Å². The Bertz CT molecular complexity index is 1480. The number of hydrogen-bond acceptors (Lipinski definition) is 7. The molecule has 0 saturated carbocycles. The van der Waals surface area contributed by atoms with Crippen LogP contribution in [0.1, 0.15) is 6.92 Å². The molecule has 2 aromatic heterocycles. The van der Waals surface area contributed by atoms with Crippen molar-refractivity contribution < 1.29 is 13.2 Å². The van der Waals surface area contributed by atoms with Crippen molar-refractivity contribution in [2.75, 3.05) is 42.7 Å². The fourth-order valence-electron chi connectivity index (χ4n) is 4.18. The molecular weight excluding hydrogens is 464 g/mol. The number of aromatic nitrogens is 3. The summed E-state index contributed by atoms with van der Waals surface area (Å²) < 4.78 is 25.2. The van der Waals surface area contributed by atoms with Crippen LogP contribution in [-0.4, -0.2) is 66.3 Å². The molecule has 0 atom stereocenters. The first-order valence-electron chi connectivity index (χ1n) is 11.4. The van der Waals surface area contributed by atoms with Crippen LogP contribution in [0, 0.1) is 0 Å². The van der Waals surface area contributed by atoms with E-state index < -0.39 is 9.84 Å². The van der Waals surface area contributed by atoms with Crippen LogP contribution in [0.25, 0.3) is 16.8 Å². The molecule has 10 heteroatoms. The third kappa shape index (κ3) is 4.75. The normalized spacial score (nSPS) is 15.0. The smallest absolute Gasteiger partial charge is 0.247 e. The van der Waals surface area contributed by atoms with Crippen LogP contribution in [0.5, 0.6) is 0 Å². The quantitative estimate of drug-likeness (QED) is 0.443. The van der Waals surface area contributed by atoms with Gasteiger partial charge in [0.25, 0.3) is 0 Å². The Kier molecular flexibility index (Phi) is 6.00. The van der Waals surface area contributed by atoms with Gasteiger partial charge < -0.3 is 10.2 Å². The van der Waals surface area contributed by atoms with Crippen LogP contribution in [0.15, 0.2) is 71.8 Å². The van der Waals surface area contributed by atoms with Crippen LogP contribution < -0.4 is 10.2 Å². The van der Waals surface area contributed by atoms with Gasteiger partial charge in [0.1, 0.15) is 0 Å². The monoisotopic (exact) mass is 490 g/mol. The fraction of sp³-hybridized carbons (Fsp3) is 0.240. The first-order chi connectivity index (χ1) is 16.8. The molecule has 1 fully saturated rings. The molecule has 0 spiro atoms. The second kappa shape index (κ2) is 9.12. The average molecular weight is 491 g/mol. The molecule has 3 heterocycles. The Morgan fingerprint density at radius 3 is 2.40 bits per heavy atom. The summed E-state index contributed by atoms with van der Waals surface area (Å²) in [6, 6.07) is 18.2. The molecule has 35 heavy (non-hydrogen) atoms. The van der Waals surface area contributed by atoms with Gasteiger partial charge in [-0.2, -0.15) is 4.98 Å². The van der Waals surface area contributed by atoms with Gasteiger partial charge in [0.2, 0.25) is 11.9 Å². The summed E-state index contributed by atoms with van der Waals surface area (Å²) in [6.07, 6.45) is 3.00. The standard InChI is InChI=1S/C25H26N6O3S/c1-3-29-15-16-30(23(32)17-29)20-10-8-19(9-11-20)26-25-27-24-22(5-4-14-31(24)28-25)18-6-12-21(13-7-18)35(2,33)34/h4-14H,3,15-17H2,1-2H3,(H,26,28). The van der Waals surface area contributed by atoms with Gasteiger partial charge >= 0.3 is 0 Å². The maximum atomic E-state index is 12.5. The number of anilines is 3. The van der Waals surface area contributed by atoms with E-state index in [-0.39, 0.29) is 10.8 Å². The second-order valence-corrected chi connectivity index (χ2v) is 10.5. The summed E-state index contributed by atoms with van der Waals surface area (Å²) in [4.78, 5) is 21.4. The van der Waals surface area contributed by atoms with E-state index in [2.05, 4.69) is 27.2 Å². The number of piperazine rings is 1. The van der Waals surface area contributed by atoms with Crippen LogP contribution in [0.2, 0.25) is 0 Å². The minimum absolute atomic E-state index is 0.109. The average Bonchev–Trinajstić information content (AvgIpc) is 3.26. The van der Waals surface area contributed by atoms with E-state index in [0.717, 1.165) is 35.6 Å². The first-order valence-corrected chi connectivity index (χ1v) is 13.3. The Balaban J connectivity index is 1.36. The third-order valence-electron chi connectivity index (χ3n) is 6.14. The molecule has 1 saturated heterocycles. The highest BCUT2D eigenvalue weighted by atomic mass is 32.2. The minimum Gasteiger partial charge on any atom is -0.323 e. The van der Waals surface area contributed by atoms with Crippen LogP contribution in [-0.2, 0) is 14.6 Å². The maximum absolute atomic E-state index is 12.5. The zero-order chi connectivity index (χ0) is 24.6. The van der Waals surface area contributed by atoms with Crippen LogP contribution in [0.3, 0.4) is 0 Å². The molecule has 0 bridgehead atoms. The van der Waals surface area contributed by atoms with Crippen molar-refractivity contribution in [3.8, 4) is 11.1 Å². The van der Waals surface area contributed by atoms with E-state index in [0.29, 0.717) is 24.7 Å². The number of carbonyl (C=O) groups is 1. The number of nitrogens with one attached hydrogen (secondary N) is 1. The summed E-state index contributed by atoms with van der Waals surface area (Å²) in [5, 5.41) is 7.75. The molecule has 2 aromatic carbocycles.